The van der Waals surface area contributed by atoms with Crippen LogP contribution in [0.25, 0.3) is 0 Å². The molecule has 0 saturated heterocycles. The van der Waals surface area contributed by atoms with E-state index in [1.807, 2.05) is 0 Å². The van der Waals surface area contributed by atoms with Crippen LogP contribution in [-0.2, 0) is 22.3 Å². The molecule has 0 fully saturated rings. The first-order valence-electron chi connectivity index (χ1n) is 7.52. The van der Waals surface area contributed by atoms with Crippen molar-refractivity contribution in [2.24, 2.45) is 0 Å². The molecule has 1 aromatic carbocycles. The molecule has 134 valence electrons. The van der Waals surface area contributed by atoms with Crippen molar-refractivity contribution in [2.45, 2.75) is 26.1 Å². The third-order valence-electron chi connectivity index (χ3n) is 3.47. The molecule has 0 aliphatic carbocycles. The summed E-state index contributed by atoms with van der Waals surface area (Å²) in [5.74, 6) is -0.206. The van der Waals surface area contributed by atoms with Gasteiger partial charge in [-0.15, -0.1) is 0 Å². The molecule has 5 nitrogen and oxygen atoms in total. The van der Waals surface area contributed by atoms with E-state index in [9.17, 15) is 22.8 Å². The molecule has 1 heterocycles. The van der Waals surface area contributed by atoms with E-state index in [4.69, 9.17) is 4.42 Å². The molecule has 25 heavy (non-hydrogen) atoms. The average Bonchev–Trinajstić information content (AvgIpc) is 3.06. The van der Waals surface area contributed by atoms with Gasteiger partial charge in [0.15, 0.2) is 0 Å². The zero-order valence-electron chi connectivity index (χ0n) is 13.5. The predicted octanol–water partition coefficient (Wildman–Crippen LogP) is 3.36. The number of rotatable bonds is 6. The Balaban J connectivity index is 1.99. The van der Waals surface area contributed by atoms with Crippen LogP contribution in [0.1, 0.15) is 24.7 Å². The van der Waals surface area contributed by atoms with Gasteiger partial charge in [0, 0.05) is 25.6 Å². The van der Waals surface area contributed by atoms with E-state index in [0.29, 0.717) is 5.76 Å². The standard InChI is InChI=1S/C17H17F3N2O3/c1-12(23)22(14-5-2-4-13(10-14)17(18,19)20)8-7-16(24)21-11-15-6-3-9-25-15/h2-6,9-10H,7-8,11H2,1H3,(H,21,24). The molecule has 0 aliphatic rings. The van der Waals surface area contributed by atoms with Gasteiger partial charge >= 0.3 is 6.18 Å². The lowest BCUT2D eigenvalue weighted by Crippen LogP contribution is -2.33. The summed E-state index contributed by atoms with van der Waals surface area (Å²) in [5, 5.41) is 2.62. The van der Waals surface area contributed by atoms with Crippen LogP contribution in [0.4, 0.5) is 18.9 Å². The van der Waals surface area contributed by atoms with Gasteiger partial charge < -0.3 is 14.6 Å². The largest absolute Gasteiger partial charge is 0.467 e. The zero-order valence-corrected chi connectivity index (χ0v) is 13.5. The minimum Gasteiger partial charge on any atom is -0.467 e. The van der Waals surface area contributed by atoms with Crippen LogP contribution in [0.2, 0.25) is 0 Å². The van der Waals surface area contributed by atoms with Gasteiger partial charge in [-0.1, -0.05) is 6.07 Å². The number of halogens is 3. The Labute approximate surface area is 142 Å². The molecule has 0 bridgehead atoms. The summed E-state index contributed by atoms with van der Waals surface area (Å²) in [6.45, 7) is 1.41. The fourth-order valence-electron chi connectivity index (χ4n) is 2.22. The number of carbonyl (C=O) groups is 2. The second-order valence-corrected chi connectivity index (χ2v) is 5.32. The molecule has 2 rings (SSSR count). The van der Waals surface area contributed by atoms with Gasteiger partial charge in [0.05, 0.1) is 18.4 Å². The maximum atomic E-state index is 12.8. The van der Waals surface area contributed by atoms with E-state index >= 15 is 0 Å². The number of furan rings is 1. The number of nitrogens with zero attached hydrogens (tertiary/aromatic N) is 1. The fraction of sp³-hybridized carbons (Fsp3) is 0.294. The Kier molecular flexibility index (Phi) is 5.84. The Hall–Kier alpha value is -2.77. The lowest BCUT2D eigenvalue weighted by molar-refractivity contribution is -0.137. The van der Waals surface area contributed by atoms with E-state index in [1.165, 1.54) is 25.3 Å². The predicted molar refractivity (Wildman–Crippen MR) is 84.6 cm³/mol. The van der Waals surface area contributed by atoms with E-state index < -0.39 is 17.6 Å². The minimum atomic E-state index is -4.50. The van der Waals surface area contributed by atoms with E-state index in [-0.39, 0.29) is 31.1 Å². The second-order valence-electron chi connectivity index (χ2n) is 5.32. The summed E-state index contributed by atoms with van der Waals surface area (Å²) in [4.78, 5) is 24.8. The Morgan fingerprint density at radius 3 is 2.56 bits per heavy atom. The number of benzene rings is 1. The van der Waals surface area contributed by atoms with Crippen LogP contribution in [-0.4, -0.2) is 18.4 Å². The van der Waals surface area contributed by atoms with Crippen LogP contribution in [0, 0.1) is 0 Å². The molecule has 0 aliphatic heterocycles. The van der Waals surface area contributed by atoms with Crippen molar-refractivity contribution in [1.82, 2.24) is 5.32 Å². The van der Waals surface area contributed by atoms with Crippen molar-refractivity contribution >= 4 is 17.5 Å². The summed E-state index contributed by atoms with van der Waals surface area (Å²) in [6.07, 6.45) is -3.07. The SMILES string of the molecule is CC(=O)N(CCC(=O)NCc1ccco1)c1cccc(C(F)(F)F)c1. The number of anilines is 1. The molecule has 2 aromatic rings. The molecule has 0 atom stereocenters. The van der Waals surface area contributed by atoms with Gasteiger partial charge in [0.25, 0.3) is 0 Å². The third-order valence-corrected chi connectivity index (χ3v) is 3.47. The van der Waals surface area contributed by atoms with E-state index in [0.717, 1.165) is 17.0 Å². The van der Waals surface area contributed by atoms with Gasteiger partial charge in [-0.05, 0) is 30.3 Å². The highest BCUT2D eigenvalue weighted by Crippen LogP contribution is 2.31. The van der Waals surface area contributed by atoms with Gasteiger partial charge in [0.1, 0.15) is 5.76 Å². The summed E-state index contributed by atoms with van der Waals surface area (Å²) in [5.41, 5.74) is -0.750. The van der Waals surface area contributed by atoms with Crippen LogP contribution in [0.15, 0.2) is 47.1 Å². The number of hydrogen-bond donors (Lipinski definition) is 1. The zero-order chi connectivity index (χ0) is 18.4. The molecule has 0 saturated carbocycles. The van der Waals surface area contributed by atoms with Gasteiger partial charge in [-0.25, -0.2) is 0 Å². The first kappa shape index (κ1) is 18.6. The van der Waals surface area contributed by atoms with Gasteiger partial charge in [0.2, 0.25) is 11.8 Å². The Morgan fingerprint density at radius 1 is 1.20 bits per heavy atom. The maximum absolute atomic E-state index is 12.8. The fourth-order valence-corrected chi connectivity index (χ4v) is 2.22. The first-order valence-corrected chi connectivity index (χ1v) is 7.52. The Bertz CT molecular complexity index is 727. The first-order chi connectivity index (χ1) is 11.8. The highest BCUT2D eigenvalue weighted by Gasteiger charge is 2.31. The van der Waals surface area contributed by atoms with Crippen molar-refractivity contribution in [3.05, 3.63) is 54.0 Å². The molecular weight excluding hydrogens is 337 g/mol. The van der Waals surface area contributed by atoms with Crippen LogP contribution in [0.3, 0.4) is 0 Å². The van der Waals surface area contributed by atoms with E-state index in [1.54, 1.807) is 12.1 Å². The molecule has 8 heteroatoms. The molecular formula is C17H17F3N2O3. The summed E-state index contributed by atoms with van der Waals surface area (Å²) in [7, 11) is 0. The monoisotopic (exact) mass is 354 g/mol. The van der Waals surface area contributed by atoms with Crippen molar-refractivity contribution < 1.29 is 27.2 Å². The van der Waals surface area contributed by atoms with Crippen molar-refractivity contribution in [2.75, 3.05) is 11.4 Å². The lowest BCUT2D eigenvalue weighted by Gasteiger charge is -2.22. The minimum absolute atomic E-state index is 0.0272. The molecule has 0 unspecified atom stereocenters. The number of amides is 2. The molecule has 0 spiro atoms. The molecule has 2 amide bonds. The quantitative estimate of drug-likeness (QED) is 0.865. The van der Waals surface area contributed by atoms with Crippen molar-refractivity contribution in [3.63, 3.8) is 0 Å². The Morgan fingerprint density at radius 2 is 1.96 bits per heavy atom. The number of carbonyl (C=O) groups excluding carboxylic acids is 2. The molecule has 1 N–H and O–H groups in total. The summed E-state index contributed by atoms with van der Waals surface area (Å²) < 4.78 is 43.5. The third kappa shape index (κ3) is 5.37. The molecule has 0 radical (unpaired) electrons. The maximum Gasteiger partial charge on any atom is 0.416 e. The lowest BCUT2D eigenvalue weighted by atomic mass is 10.1. The molecule has 1 aromatic heterocycles. The highest BCUT2D eigenvalue weighted by molar-refractivity contribution is 5.92. The summed E-state index contributed by atoms with van der Waals surface area (Å²) in [6, 6.07) is 7.83. The van der Waals surface area contributed by atoms with E-state index in [2.05, 4.69) is 5.32 Å². The number of nitrogens with one attached hydrogen (secondary N) is 1. The average molecular weight is 354 g/mol. The highest BCUT2D eigenvalue weighted by atomic mass is 19.4. The van der Waals surface area contributed by atoms with Crippen LogP contribution in [0.5, 0.6) is 0 Å². The van der Waals surface area contributed by atoms with Crippen molar-refractivity contribution in [1.29, 1.82) is 0 Å². The smallest absolute Gasteiger partial charge is 0.416 e. The number of hydrogen-bond acceptors (Lipinski definition) is 3. The topological polar surface area (TPSA) is 62.6 Å². The van der Waals surface area contributed by atoms with Crippen LogP contribution >= 0.6 is 0 Å². The normalized spacial score (nSPS) is 11.2. The summed E-state index contributed by atoms with van der Waals surface area (Å²) >= 11 is 0. The number of alkyl halides is 3. The second kappa shape index (κ2) is 7.87. The van der Waals surface area contributed by atoms with Crippen molar-refractivity contribution in [3.8, 4) is 0 Å². The van der Waals surface area contributed by atoms with Gasteiger partial charge in [-0.3, -0.25) is 9.59 Å². The van der Waals surface area contributed by atoms with Crippen LogP contribution < -0.4 is 10.2 Å². The van der Waals surface area contributed by atoms with Gasteiger partial charge in [-0.2, -0.15) is 13.2 Å².